The van der Waals surface area contributed by atoms with E-state index in [4.69, 9.17) is 0 Å². The summed E-state index contributed by atoms with van der Waals surface area (Å²) in [6, 6.07) is 0. The van der Waals surface area contributed by atoms with Crippen LogP contribution in [0.4, 0.5) is 5.95 Å². The monoisotopic (exact) mass is 279 g/mol. The predicted molar refractivity (Wildman–Crippen MR) is 79.3 cm³/mol. The van der Waals surface area contributed by atoms with Crippen LogP contribution in [0.15, 0.2) is 9.59 Å². The summed E-state index contributed by atoms with van der Waals surface area (Å²) in [6.07, 6.45) is 4.44. The highest BCUT2D eigenvalue weighted by atomic mass is 16.2. The molecule has 110 valence electrons. The maximum absolute atomic E-state index is 12.0. The van der Waals surface area contributed by atoms with Gasteiger partial charge < -0.3 is 9.88 Å². The molecule has 2 aromatic heterocycles. The minimum atomic E-state index is -0.444. The van der Waals surface area contributed by atoms with E-state index in [9.17, 15) is 9.59 Å². The molecule has 0 atom stereocenters. The van der Waals surface area contributed by atoms with Crippen LogP contribution in [0.5, 0.6) is 0 Å². The number of H-pyrrole nitrogens is 1. The number of aromatic amines is 1. The Labute approximate surface area is 116 Å². The number of nitrogens with one attached hydrogen (secondary N) is 2. The Balaban J connectivity index is 2.49. The fourth-order valence-corrected chi connectivity index (χ4v) is 2.34. The lowest BCUT2D eigenvalue weighted by Crippen LogP contribution is -2.29. The number of anilines is 1. The zero-order valence-electron chi connectivity index (χ0n) is 12.2. The van der Waals surface area contributed by atoms with Crippen LogP contribution in [-0.4, -0.2) is 26.1 Å². The van der Waals surface area contributed by atoms with Crippen LogP contribution in [0, 0.1) is 0 Å². The van der Waals surface area contributed by atoms with Crippen molar-refractivity contribution in [3.63, 3.8) is 0 Å². The molecular formula is C13H21N5O2. The molecule has 0 bridgehead atoms. The molecule has 2 rings (SSSR count). The van der Waals surface area contributed by atoms with Gasteiger partial charge in [-0.25, -0.2) is 4.79 Å². The first kappa shape index (κ1) is 14.4. The van der Waals surface area contributed by atoms with Gasteiger partial charge in [-0.3, -0.25) is 14.3 Å². The lowest BCUT2D eigenvalue weighted by Gasteiger charge is -2.07. The van der Waals surface area contributed by atoms with Gasteiger partial charge in [0.2, 0.25) is 5.95 Å². The molecule has 2 heterocycles. The summed E-state index contributed by atoms with van der Waals surface area (Å²) in [5.41, 5.74) is 0.0416. The zero-order valence-corrected chi connectivity index (χ0v) is 12.2. The van der Waals surface area contributed by atoms with Crippen LogP contribution >= 0.6 is 0 Å². The molecule has 7 heteroatoms. The first-order valence-corrected chi connectivity index (χ1v) is 6.97. The molecule has 20 heavy (non-hydrogen) atoms. The first-order chi connectivity index (χ1) is 9.60. The number of hydrogen-bond donors (Lipinski definition) is 2. The van der Waals surface area contributed by atoms with Crippen molar-refractivity contribution in [2.45, 2.75) is 39.2 Å². The van der Waals surface area contributed by atoms with Crippen LogP contribution in [0.2, 0.25) is 0 Å². The Morgan fingerprint density at radius 2 is 2.00 bits per heavy atom. The maximum atomic E-state index is 12.0. The molecule has 7 nitrogen and oxygen atoms in total. The highest BCUT2D eigenvalue weighted by Gasteiger charge is 2.15. The predicted octanol–water partition coefficient (Wildman–Crippen LogP) is 1.05. The molecule has 0 amide bonds. The standard InChI is InChI=1S/C13H21N5O2/c1-4-5-6-7-8-18-9-10(15-12(18)14-2)17(3)13(20)16-11(9)19/h4-8H2,1-3H3,(H,14,15)(H,16,19,20). The van der Waals surface area contributed by atoms with Gasteiger partial charge in [0.25, 0.3) is 5.56 Å². The van der Waals surface area contributed by atoms with Gasteiger partial charge in [0.1, 0.15) is 0 Å². The van der Waals surface area contributed by atoms with E-state index in [0.717, 1.165) is 12.8 Å². The highest BCUT2D eigenvalue weighted by molar-refractivity contribution is 5.74. The summed E-state index contributed by atoms with van der Waals surface area (Å²) in [5, 5.41) is 2.98. The van der Waals surface area contributed by atoms with E-state index in [1.165, 1.54) is 17.4 Å². The van der Waals surface area contributed by atoms with Crippen LogP contribution in [-0.2, 0) is 13.6 Å². The number of rotatable bonds is 6. The molecule has 0 aliphatic carbocycles. The average Bonchev–Trinajstić information content (AvgIpc) is 2.80. The smallest absolute Gasteiger partial charge is 0.329 e. The Hall–Kier alpha value is -2.05. The van der Waals surface area contributed by atoms with Crippen molar-refractivity contribution in [1.29, 1.82) is 0 Å². The fraction of sp³-hybridized carbons (Fsp3) is 0.615. The van der Waals surface area contributed by atoms with Crippen molar-refractivity contribution in [1.82, 2.24) is 19.1 Å². The normalized spacial score (nSPS) is 11.2. The van der Waals surface area contributed by atoms with Gasteiger partial charge in [-0.05, 0) is 6.42 Å². The minimum absolute atomic E-state index is 0.382. The second kappa shape index (κ2) is 5.94. The van der Waals surface area contributed by atoms with Crippen LogP contribution in [0.1, 0.15) is 32.6 Å². The second-order valence-corrected chi connectivity index (χ2v) is 4.89. The average molecular weight is 279 g/mol. The number of hydrogen-bond acceptors (Lipinski definition) is 4. The van der Waals surface area contributed by atoms with Gasteiger partial charge in [-0.2, -0.15) is 4.98 Å². The molecule has 0 spiro atoms. The largest absolute Gasteiger partial charge is 0.359 e. The maximum Gasteiger partial charge on any atom is 0.329 e. The number of imidazole rings is 1. The van der Waals surface area contributed by atoms with Crippen molar-refractivity contribution in [2.75, 3.05) is 12.4 Å². The van der Waals surface area contributed by atoms with E-state index in [0.29, 0.717) is 23.7 Å². The molecule has 2 N–H and O–H groups in total. The first-order valence-electron chi connectivity index (χ1n) is 6.97. The van der Waals surface area contributed by atoms with Gasteiger partial charge in [0, 0.05) is 20.6 Å². The SMILES string of the molecule is CCCCCCn1c(NC)nc2c1c(=O)[nH]c(=O)n2C. The van der Waals surface area contributed by atoms with E-state index >= 15 is 0 Å². The van der Waals surface area contributed by atoms with Crippen LogP contribution in [0.25, 0.3) is 11.2 Å². The second-order valence-electron chi connectivity index (χ2n) is 4.89. The van der Waals surface area contributed by atoms with Crippen molar-refractivity contribution < 1.29 is 0 Å². The third-order valence-electron chi connectivity index (χ3n) is 3.47. The van der Waals surface area contributed by atoms with Crippen molar-refractivity contribution in [2.24, 2.45) is 7.05 Å². The van der Waals surface area contributed by atoms with E-state index < -0.39 is 5.69 Å². The third-order valence-corrected chi connectivity index (χ3v) is 3.47. The lowest BCUT2D eigenvalue weighted by molar-refractivity contribution is 0.593. The van der Waals surface area contributed by atoms with Crippen LogP contribution in [0.3, 0.4) is 0 Å². The number of nitrogens with zero attached hydrogens (tertiary/aromatic N) is 3. The molecule has 0 fully saturated rings. The van der Waals surface area contributed by atoms with Gasteiger partial charge in [0.15, 0.2) is 11.2 Å². The van der Waals surface area contributed by atoms with E-state index in [2.05, 4.69) is 22.2 Å². The molecule has 0 aliphatic heterocycles. The van der Waals surface area contributed by atoms with Gasteiger partial charge in [-0.15, -0.1) is 0 Å². The van der Waals surface area contributed by atoms with E-state index in [1.54, 1.807) is 14.1 Å². The van der Waals surface area contributed by atoms with Gasteiger partial charge in [0.05, 0.1) is 0 Å². The summed E-state index contributed by atoms with van der Waals surface area (Å²) >= 11 is 0. The molecule has 0 unspecified atom stereocenters. The summed E-state index contributed by atoms with van der Waals surface area (Å²) < 4.78 is 3.21. The lowest BCUT2D eigenvalue weighted by atomic mass is 10.2. The van der Waals surface area contributed by atoms with Gasteiger partial charge >= 0.3 is 5.69 Å². The van der Waals surface area contributed by atoms with Crippen molar-refractivity contribution in [3.05, 3.63) is 20.8 Å². The Kier molecular flexibility index (Phi) is 4.26. The van der Waals surface area contributed by atoms with E-state index in [-0.39, 0.29) is 5.56 Å². The zero-order chi connectivity index (χ0) is 14.7. The number of unbranched alkanes of at least 4 members (excludes halogenated alkanes) is 3. The summed E-state index contributed by atoms with van der Waals surface area (Å²) in [5.74, 6) is 0.614. The van der Waals surface area contributed by atoms with Gasteiger partial charge in [-0.1, -0.05) is 26.2 Å². The minimum Gasteiger partial charge on any atom is -0.359 e. The summed E-state index contributed by atoms with van der Waals surface area (Å²) in [6.45, 7) is 2.88. The molecule has 0 radical (unpaired) electrons. The topological polar surface area (TPSA) is 84.7 Å². The number of aryl methyl sites for hydroxylation is 2. The highest BCUT2D eigenvalue weighted by Crippen LogP contribution is 2.16. The van der Waals surface area contributed by atoms with Crippen LogP contribution < -0.4 is 16.6 Å². The number of fused-ring (bicyclic) bond motifs is 1. The van der Waals surface area contributed by atoms with Crippen molar-refractivity contribution >= 4 is 17.1 Å². The quantitative estimate of drug-likeness (QED) is 0.774. The molecule has 0 aliphatic rings. The van der Waals surface area contributed by atoms with Crippen molar-refractivity contribution in [3.8, 4) is 0 Å². The summed E-state index contributed by atoms with van der Waals surface area (Å²) in [4.78, 5) is 30.3. The fourth-order valence-electron chi connectivity index (χ4n) is 2.34. The van der Waals surface area contributed by atoms with E-state index in [1.807, 2.05) is 4.57 Å². The molecule has 0 saturated carbocycles. The molecule has 0 saturated heterocycles. The summed E-state index contributed by atoms with van der Waals surface area (Å²) in [7, 11) is 3.37. The Bertz CT molecular complexity index is 710. The molecule has 0 aromatic carbocycles. The Morgan fingerprint density at radius 1 is 1.25 bits per heavy atom. The number of aromatic nitrogens is 4. The molecule has 2 aromatic rings. The molecular weight excluding hydrogens is 258 g/mol. The Morgan fingerprint density at radius 3 is 2.65 bits per heavy atom. The third kappa shape index (κ3) is 2.48.